The van der Waals surface area contributed by atoms with E-state index >= 15 is 0 Å². The largest absolute Gasteiger partial charge is 0.460 e. The van der Waals surface area contributed by atoms with Gasteiger partial charge in [-0.1, -0.05) is 42.5 Å². The first-order chi connectivity index (χ1) is 18.0. The van der Waals surface area contributed by atoms with Crippen LogP contribution in [-0.2, 0) is 28.6 Å². The molecule has 3 rings (SSSR count). The Hall–Kier alpha value is -3.27. The highest BCUT2D eigenvalue weighted by atomic mass is 16.5. The van der Waals surface area contributed by atoms with E-state index in [0.29, 0.717) is 0 Å². The first-order valence-corrected chi connectivity index (χ1v) is 12.5. The summed E-state index contributed by atoms with van der Waals surface area (Å²) in [7, 11) is 0. The number of hydrogen-bond donors (Lipinski definition) is 3. The number of allylic oxidation sites excluding steroid dienone is 2. The van der Waals surface area contributed by atoms with Crippen LogP contribution in [0.25, 0.3) is 6.08 Å². The number of rotatable bonds is 10. The van der Waals surface area contributed by atoms with E-state index < -0.39 is 5.97 Å². The lowest BCUT2D eigenvalue weighted by atomic mass is 10.00. The van der Waals surface area contributed by atoms with Gasteiger partial charge in [0.25, 0.3) is 0 Å². The first-order valence-electron chi connectivity index (χ1n) is 12.5. The Morgan fingerprint density at radius 2 is 1.22 bits per heavy atom. The molecule has 0 aromatic heterocycles. The van der Waals surface area contributed by atoms with Gasteiger partial charge in [-0.25, -0.2) is 14.4 Å². The molecule has 1 aromatic carbocycles. The molecule has 9 nitrogen and oxygen atoms in total. The van der Waals surface area contributed by atoms with Gasteiger partial charge in [-0.2, -0.15) is 0 Å². The molecule has 0 spiro atoms. The van der Waals surface area contributed by atoms with Gasteiger partial charge in [0.2, 0.25) is 0 Å². The average molecular weight is 519 g/mol. The first kappa shape index (κ1) is 31.8. The second-order valence-electron chi connectivity index (χ2n) is 7.95. The van der Waals surface area contributed by atoms with Gasteiger partial charge in [-0.3, -0.25) is 0 Å². The van der Waals surface area contributed by atoms with Crippen LogP contribution in [-0.4, -0.2) is 72.9 Å². The number of carbonyl (C=O) groups excluding carboxylic acids is 3. The third-order valence-corrected chi connectivity index (χ3v) is 5.05. The molecule has 204 valence electrons. The molecule has 2 aliphatic rings. The lowest BCUT2D eigenvalue weighted by Gasteiger charge is -2.10. The fourth-order valence-corrected chi connectivity index (χ4v) is 3.26. The number of benzene rings is 1. The molecule has 0 fully saturated rings. The van der Waals surface area contributed by atoms with Crippen molar-refractivity contribution in [1.82, 2.24) is 0 Å². The van der Waals surface area contributed by atoms with E-state index in [1.54, 1.807) is 6.08 Å². The van der Waals surface area contributed by atoms with Crippen LogP contribution in [0, 0.1) is 0 Å². The Morgan fingerprint density at radius 3 is 1.68 bits per heavy atom. The standard InChI is InChI=1S/C11H12O3.C9H14O3.C8H12O3/c12-8-9-14-11(13)7-6-10-4-2-1-3-5-10;10-6-7-12-9(11)8-4-2-1-3-5-8;9-5-6-11-8(10)7-3-1-2-4-7/h1-7,12H,8-9H2;4,10H,1-3,5-7H2;3,9H,1-2,4-6H2/b7-6+;;. The van der Waals surface area contributed by atoms with Gasteiger partial charge in [0.15, 0.2) is 0 Å². The Balaban J connectivity index is 0.000000280. The molecule has 0 bridgehead atoms. The minimum atomic E-state index is -0.442. The third kappa shape index (κ3) is 15.4. The summed E-state index contributed by atoms with van der Waals surface area (Å²) in [6, 6.07) is 9.45. The van der Waals surface area contributed by atoms with Crippen LogP contribution in [0.3, 0.4) is 0 Å². The van der Waals surface area contributed by atoms with E-state index in [-0.39, 0.29) is 51.6 Å². The zero-order valence-electron chi connectivity index (χ0n) is 21.2. The zero-order chi connectivity index (χ0) is 27.1. The van der Waals surface area contributed by atoms with E-state index in [1.165, 1.54) is 6.08 Å². The van der Waals surface area contributed by atoms with Crippen molar-refractivity contribution in [1.29, 1.82) is 0 Å². The second kappa shape index (κ2) is 20.9. The molecule has 37 heavy (non-hydrogen) atoms. The Kier molecular flexibility index (Phi) is 17.9. The molecule has 0 saturated carbocycles. The highest BCUT2D eigenvalue weighted by Crippen LogP contribution is 2.19. The monoisotopic (exact) mass is 518 g/mol. The van der Waals surface area contributed by atoms with Crippen LogP contribution in [0.4, 0.5) is 0 Å². The minimum absolute atomic E-state index is 0.0396. The van der Waals surface area contributed by atoms with E-state index in [0.717, 1.165) is 61.7 Å². The fourth-order valence-electron chi connectivity index (χ4n) is 3.26. The van der Waals surface area contributed by atoms with Gasteiger partial charge in [0, 0.05) is 17.2 Å². The van der Waals surface area contributed by atoms with Crippen molar-refractivity contribution >= 4 is 24.0 Å². The fraction of sp³-hybridized carbons (Fsp3) is 0.464. The summed E-state index contributed by atoms with van der Waals surface area (Å²) < 4.78 is 14.1. The molecule has 0 radical (unpaired) electrons. The van der Waals surface area contributed by atoms with Gasteiger partial charge < -0.3 is 29.5 Å². The molecular formula is C28H38O9. The summed E-state index contributed by atoms with van der Waals surface area (Å²) in [5.41, 5.74) is 2.47. The van der Waals surface area contributed by atoms with E-state index in [9.17, 15) is 14.4 Å². The molecule has 0 atom stereocenters. The molecule has 0 heterocycles. The van der Waals surface area contributed by atoms with Crippen molar-refractivity contribution in [3.05, 3.63) is 65.3 Å². The number of aliphatic hydroxyl groups excluding tert-OH is 3. The normalized spacial score (nSPS) is 14.2. The Labute approximate surface area is 218 Å². The zero-order valence-corrected chi connectivity index (χ0v) is 21.2. The van der Waals surface area contributed by atoms with Gasteiger partial charge >= 0.3 is 17.9 Å². The van der Waals surface area contributed by atoms with Crippen molar-refractivity contribution in [2.45, 2.75) is 44.9 Å². The molecule has 3 N–H and O–H groups in total. The van der Waals surface area contributed by atoms with Gasteiger partial charge in [0.05, 0.1) is 19.8 Å². The van der Waals surface area contributed by atoms with E-state index in [2.05, 4.69) is 4.74 Å². The maximum absolute atomic E-state index is 11.2. The predicted octanol–water partition coefficient (Wildman–Crippen LogP) is 2.89. The summed E-state index contributed by atoms with van der Waals surface area (Å²) >= 11 is 0. The Bertz CT molecular complexity index is 888. The molecule has 2 aliphatic carbocycles. The maximum Gasteiger partial charge on any atom is 0.333 e. The number of esters is 3. The van der Waals surface area contributed by atoms with Gasteiger partial charge in [-0.05, 0) is 56.6 Å². The van der Waals surface area contributed by atoms with Crippen LogP contribution in [0.5, 0.6) is 0 Å². The van der Waals surface area contributed by atoms with Crippen molar-refractivity contribution in [3.63, 3.8) is 0 Å². The number of hydrogen-bond acceptors (Lipinski definition) is 9. The van der Waals surface area contributed by atoms with Crippen molar-refractivity contribution < 1.29 is 43.9 Å². The highest BCUT2D eigenvalue weighted by Gasteiger charge is 2.14. The SMILES string of the molecule is O=C(/C=C/c1ccccc1)OCCO.O=C(OCCO)C1=CCCC1.O=C(OCCO)C1=CCCCC1. The van der Waals surface area contributed by atoms with E-state index in [1.807, 2.05) is 42.5 Å². The molecule has 0 unspecified atom stereocenters. The lowest BCUT2D eigenvalue weighted by Crippen LogP contribution is -2.12. The molecule has 0 aliphatic heterocycles. The quantitative estimate of drug-likeness (QED) is 0.242. The maximum atomic E-state index is 11.2. The molecular weight excluding hydrogens is 480 g/mol. The van der Waals surface area contributed by atoms with Crippen LogP contribution >= 0.6 is 0 Å². The van der Waals surface area contributed by atoms with Crippen molar-refractivity contribution in [2.24, 2.45) is 0 Å². The molecule has 1 aromatic rings. The van der Waals surface area contributed by atoms with E-state index in [4.69, 9.17) is 24.8 Å². The summed E-state index contributed by atoms with van der Waals surface area (Å²) in [5, 5.41) is 25.2. The second-order valence-corrected chi connectivity index (χ2v) is 7.95. The number of ether oxygens (including phenoxy) is 3. The van der Waals surface area contributed by atoms with Crippen molar-refractivity contribution in [3.8, 4) is 0 Å². The van der Waals surface area contributed by atoms with Gasteiger partial charge in [-0.15, -0.1) is 0 Å². The molecule has 0 amide bonds. The summed E-state index contributed by atoms with van der Waals surface area (Å²) in [6.45, 7) is -0.0900. The topological polar surface area (TPSA) is 140 Å². The average Bonchev–Trinajstić information content (AvgIpc) is 3.49. The summed E-state index contributed by atoms with van der Waals surface area (Å²) in [5.74, 6) is -0.969. The van der Waals surface area contributed by atoms with Crippen LogP contribution in [0.15, 0.2) is 59.7 Å². The molecule has 0 saturated heterocycles. The summed E-state index contributed by atoms with van der Waals surface area (Å²) in [6.07, 6.45) is 13.7. The smallest absolute Gasteiger partial charge is 0.333 e. The van der Waals surface area contributed by atoms with Crippen LogP contribution in [0.1, 0.15) is 50.5 Å². The Morgan fingerprint density at radius 1 is 0.703 bits per heavy atom. The van der Waals surface area contributed by atoms with Crippen LogP contribution in [0.2, 0.25) is 0 Å². The third-order valence-electron chi connectivity index (χ3n) is 5.05. The highest BCUT2D eigenvalue weighted by molar-refractivity contribution is 5.89. The van der Waals surface area contributed by atoms with Crippen LogP contribution < -0.4 is 0 Å². The van der Waals surface area contributed by atoms with Gasteiger partial charge in [0.1, 0.15) is 19.8 Å². The minimum Gasteiger partial charge on any atom is -0.460 e. The summed E-state index contributed by atoms with van der Waals surface area (Å²) in [4.78, 5) is 33.1. The predicted molar refractivity (Wildman–Crippen MR) is 138 cm³/mol. The lowest BCUT2D eigenvalue weighted by molar-refractivity contribution is -0.141. The van der Waals surface area contributed by atoms with Crippen molar-refractivity contribution in [2.75, 3.05) is 39.6 Å². The number of carbonyl (C=O) groups is 3. The molecule has 9 heteroatoms. The number of aliphatic hydroxyl groups is 3.